The third kappa shape index (κ3) is 2.58. The summed E-state index contributed by atoms with van der Waals surface area (Å²) in [5, 5.41) is 15.7. The fourth-order valence-corrected chi connectivity index (χ4v) is 1.45. The van der Waals surface area contributed by atoms with Crippen LogP contribution in [0, 0.1) is 5.21 Å². The van der Waals surface area contributed by atoms with Gasteiger partial charge in [0.2, 0.25) is 5.28 Å². The molecule has 0 aliphatic carbocycles. The molecule has 0 N–H and O–H groups in total. The summed E-state index contributed by atoms with van der Waals surface area (Å²) in [7, 11) is 1.28. The van der Waals surface area contributed by atoms with Gasteiger partial charge < -0.3 is 14.8 Å². The van der Waals surface area contributed by atoms with Crippen molar-refractivity contribution in [2.75, 3.05) is 13.7 Å². The highest BCUT2D eigenvalue weighted by molar-refractivity contribution is 5.75. The van der Waals surface area contributed by atoms with Crippen molar-refractivity contribution in [3.8, 4) is 0 Å². The van der Waals surface area contributed by atoms with Crippen molar-refractivity contribution in [3.05, 3.63) is 18.0 Å². The van der Waals surface area contributed by atoms with Gasteiger partial charge in [0.15, 0.2) is 6.04 Å². The van der Waals surface area contributed by atoms with Crippen LogP contribution in [0.5, 0.6) is 0 Å². The van der Waals surface area contributed by atoms with Crippen LogP contribution in [0.2, 0.25) is 0 Å². The molecule has 0 saturated carbocycles. The Balaban J connectivity index is 2.67. The van der Waals surface area contributed by atoms with E-state index < -0.39 is 12.0 Å². The molecule has 1 rings (SSSR count). The van der Waals surface area contributed by atoms with Crippen molar-refractivity contribution >= 4 is 5.97 Å². The minimum absolute atomic E-state index is 0.246. The van der Waals surface area contributed by atoms with Crippen LogP contribution < -0.4 is 0 Å². The quantitative estimate of drug-likeness (QED) is 0.225. The van der Waals surface area contributed by atoms with Gasteiger partial charge in [0, 0.05) is 0 Å². The highest BCUT2D eigenvalue weighted by atomic mass is 16.7. The number of rotatable bonds is 4. The molecule has 15 heavy (non-hydrogen) atoms. The standard InChI is InChI=1S/C8H13N3O4/c1-3-15-9-11(13)10-6-4-5-7(10)8(12)14-2/h3,7H,1,4-6H2,2H3/b11-9-/t7-/m0/s1. The van der Waals surface area contributed by atoms with Gasteiger partial charge in [-0.25, -0.2) is 4.79 Å². The van der Waals surface area contributed by atoms with Crippen molar-refractivity contribution in [1.29, 1.82) is 0 Å². The van der Waals surface area contributed by atoms with Gasteiger partial charge in [-0.05, 0) is 12.8 Å². The smallest absolute Gasteiger partial charge is 0.334 e. The fraction of sp³-hybridized carbons (Fsp3) is 0.625. The maximum atomic E-state index is 11.3. The molecule has 1 saturated heterocycles. The molecule has 0 spiro atoms. The molecule has 0 amide bonds. The van der Waals surface area contributed by atoms with Crippen LogP contribution in [0.25, 0.3) is 0 Å². The molecule has 0 aromatic carbocycles. The first-order valence-electron chi connectivity index (χ1n) is 4.50. The zero-order valence-electron chi connectivity index (χ0n) is 8.46. The lowest BCUT2D eigenvalue weighted by Gasteiger charge is -2.17. The zero-order valence-corrected chi connectivity index (χ0v) is 8.46. The number of hydrazine groups is 1. The molecule has 84 valence electrons. The first-order valence-corrected chi connectivity index (χ1v) is 4.50. The monoisotopic (exact) mass is 215 g/mol. The van der Waals surface area contributed by atoms with Crippen LogP contribution >= 0.6 is 0 Å². The summed E-state index contributed by atoms with van der Waals surface area (Å²) in [4.78, 5) is 15.9. The first-order chi connectivity index (χ1) is 7.20. The summed E-state index contributed by atoms with van der Waals surface area (Å²) >= 11 is 0. The third-order valence-electron chi connectivity index (χ3n) is 2.11. The number of nitrogens with zero attached hydrogens (tertiary/aromatic N) is 3. The van der Waals surface area contributed by atoms with E-state index in [0.717, 1.165) is 12.7 Å². The molecule has 0 unspecified atom stereocenters. The summed E-state index contributed by atoms with van der Waals surface area (Å²) < 4.78 is 4.57. The molecular formula is C8H13N3O4. The number of hydrogen-bond donors (Lipinski definition) is 0. The molecule has 1 heterocycles. The van der Waals surface area contributed by atoms with Gasteiger partial charge in [-0.2, -0.15) is 0 Å². The van der Waals surface area contributed by atoms with E-state index in [1.807, 2.05) is 0 Å². The SMILES string of the molecule is C=CO/N=[N+](\[O-])N1CCC[C@H]1C(=O)OC. The van der Waals surface area contributed by atoms with Gasteiger partial charge in [0.25, 0.3) is 0 Å². The largest absolute Gasteiger partial charge is 0.569 e. The van der Waals surface area contributed by atoms with Gasteiger partial charge in [-0.1, -0.05) is 6.58 Å². The van der Waals surface area contributed by atoms with Crippen LogP contribution in [0.3, 0.4) is 0 Å². The predicted molar refractivity (Wildman–Crippen MR) is 49.1 cm³/mol. The van der Waals surface area contributed by atoms with Crippen LogP contribution in [-0.2, 0) is 14.4 Å². The van der Waals surface area contributed by atoms with Crippen molar-refractivity contribution < 1.29 is 19.3 Å². The number of methoxy groups -OCH3 is 1. The predicted octanol–water partition coefficient (Wildman–Crippen LogP) is 0.576. The minimum Gasteiger partial charge on any atom is -0.569 e. The second-order valence-electron chi connectivity index (χ2n) is 2.95. The van der Waals surface area contributed by atoms with Crippen LogP contribution in [-0.4, -0.2) is 35.6 Å². The highest BCUT2D eigenvalue weighted by Gasteiger charge is 2.37. The summed E-state index contributed by atoms with van der Waals surface area (Å²) in [5.41, 5.74) is 0. The number of hydrogen-bond acceptors (Lipinski definition) is 5. The second kappa shape index (κ2) is 5.18. The molecule has 7 heteroatoms. The van der Waals surface area contributed by atoms with Crippen molar-refractivity contribution in [1.82, 2.24) is 5.01 Å². The van der Waals surface area contributed by atoms with Crippen molar-refractivity contribution in [2.24, 2.45) is 5.28 Å². The molecule has 1 atom stereocenters. The van der Waals surface area contributed by atoms with E-state index in [1.165, 1.54) is 12.1 Å². The third-order valence-corrected chi connectivity index (χ3v) is 2.11. The maximum Gasteiger partial charge on any atom is 0.334 e. The van der Waals surface area contributed by atoms with Crippen LogP contribution in [0.1, 0.15) is 12.8 Å². The van der Waals surface area contributed by atoms with Gasteiger partial charge in [-0.3, -0.25) is 0 Å². The average molecular weight is 215 g/mol. The van der Waals surface area contributed by atoms with E-state index in [9.17, 15) is 10.0 Å². The van der Waals surface area contributed by atoms with Crippen LogP contribution in [0.4, 0.5) is 0 Å². The summed E-state index contributed by atoms with van der Waals surface area (Å²) in [6.45, 7) is 3.69. The molecule has 0 aromatic rings. The first kappa shape index (κ1) is 11.3. The molecule has 0 radical (unpaired) electrons. The lowest BCUT2D eigenvalue weighted by molar-refractivity contribution is -0.710. The van der Waals surface area contributed by atoms with E-state index in [-0.39, 0.29) is 4.97 Å². The number of ether oxygens (including phenoxy) is 1. The summed E-state index contributed by atoms with van der Waals surface area (Å²) in [6, 6.07) is -0.579. The Bertz CT molecular complexity index is 279. The summed E-state index contributed by atoms with van der Waals surface area (Å²) in [6.07, 6.45) is 2.34. The van der Waals surface area contributed by atoms with Gasteiger partial charge in [-0.15, -0.1) is 5.01 Å². The average Bonchev–Trinajstić information content (AvgIpc) is 2.73. The minimum atomic E-state index is -0.579. The van der Waals surface area contributed by atoms with E-state index in [1.54, 1.807) is 0 Å². The van der Waals surface area contributed by atoms with E-state index in [0.29, 0.717) is 13.0 Å². The van der Waals surface area contributed by atoms with Gasteiger partial charge >= 0.3 is 5.97 Å². The zero-order chi connectivity index (χ0) is 11.3. The molecule has 0 aromatic heterocycles. The topological polar surface area (TPSA) is 77.2 Å². The molecule has 7 nitrogen and oxygen atoms in total. The Hall–Kier alpha value is -1.79. The highest BCUT2D eigenvalue weighted by Crippen LogP contribution is 2.18. The van der Waals surface area contributed by atoms with Gasteiger partial charge in [0.1, 0.15) is 6.26 Å². The summed E-state index contributed by atoms with van der Waals surface area (Å²) in [5.74, 6) is -0.442. The maximum absolute atomic E-state index is 11.3. The Kier molecular flexibility index (Phi) is 3.90. The van der Waals surface area contributed by atoms with E-state index in [4.69, 9.17) is 0 Å². The lowest BCUT2D eigenvalue weighted by Crippen LogP contribution is -2.41. The van der Waals surface area contributed by atoms with E-state index in [2.05, 4.69) is 21.4 Å². The van der Waals surface area contributed by atoms with Gasteiger partial charge in [0.05, 0.1) is 18.6 Å². The van der Waals surface area contributed by atoms with E-state index >= 15 is 0 Å². The number of carbonyl (C=O) groups excluding carboxylic acids is 1. The Morgan fingerprint density at radius 1 is 1.80 bits per heavy atom. The lowest BCUT2D eigenvalue weighted by atomic mass is 10.2. The second-order valence-corrected chi connectivity index (χ2v) is 2.95. The van der Waals surface area contributed by atoms with Crippen molar-refractivity contribution in [2.45, 2.75) is 18.9 Å². The normalized spacial score (nSPS) is 21.3. The Morgan fingerprint density at radius 3 is 3.13 bits per heavy atom. The Morgan fingerprint density at radius 2 is 2.53 bits per heavy atom. The number of esters is 1. The fourth-order valence-electron chi connectivity index (χ4n) is 1.45. The molecular weight excluding hydrogens is 202 g/mol. The molecule has 1 fully saturated rings. The Labute approximate surface area is 87.1 Å². The molecule has 1 aliphatic heterocycles. The number of carbonyl (C=O) groups is 1. The van der Waals surface area contributed by atoms with Crippen LogP contribution in [0.15, 0.2) is 18.1 Å². The molecule has 0 bridgehead atoms. The van der Waals surface area contributed by atoms with Crippen molar-refractivity contribution in [3.63, 3.8) is 0 Å². The molecule has 1 aliphatic rings.